The highest BCUT2D eigenvalue weighted by atomic mass is 19.2. The van der Waals surface area contributed by atoms with Gasteiger partial charge in [0.15, 0.2) is 5.82 Å². The molecule has 1 aromatic rings. The molecule has 72 valence electrons. The van der Waals surface area contributed by atoms with Crippen LogP contribution >= 0.6 is 0 Å². The van der Waals surface area contributed by atoms with Crippen LogP contribution in [0.1, 0.15) is 31.4 Å². The molecule has 0 spiro atoms. The van der Waals surface area contributed by atoms with E-state index in [0.717, 1.165) is 18.9 Å². The van der Waals surface area contributed by atoms with Gasteiger partial charge in [0.1, 0.15) is 0 Å². The van der Waals surface area contributed by atoms with E-state index in [4.69, 9.17) is 5.73 Å². The first-order valence-electron chi connectivity index (χ1n) is 4.21. The average Bonchev–Trinajstić information content (AvgIpc) is 2.10. The summed E-state index contributed by atoms with van der Waals surface area (Å²) in [6, 6.07) is 0.843. The molecule has 2 nitrogen and oxygen atoms in total. The van der Waals surface area contributed by atoms with Crippen molar-refractivity contribution in [2.45, 2.75) is 25.8 Å². The van der Waals surface area contributed by atoms with Crippen LogP contribution < -0.4 is 5.73 Å². The lowest BCUT2D eigenvalue weighted by molar-refractivity contribution is 0.474. The van der Waals surface area contributed by atoms with E-state index in [1.165, 1.54) is 6.20 Å². The summed E-state index contributed by atoms with van der Waals surface area (Å²) < 4.78 is 25.1. The van der Waals surface area contributed by atoms with Crippen molar-refractivity contribution in [3.63, 3.8) is 0 Å². The fourth-order valence-electron chi connectivity index (χ4n) is 1.12. The van der Waals surface area contributed by atoms with Gasteiger partial charge in [-0.15, -0.1) is 0 Å². The maximum Gasteiger partial charge on any atom is 0.248 e. The van der Waals surface area contributed by atoms with Crippen LogP contribution in [0.3, 0.4) is 0 Å². The van der Waals surface area contributed by atoms with Crippen LogP contribution in [-0.4, -0.2) is 4.98 Å². The van der Waals surface area contributed by atoms with Crippen LogP contribution in [0.5, 0.6) is 0 Å². The maximum absolute atomic E-state index is 12.7. The minimum atomic E-state index is -1.08. The summed E-state index contributed by atoms with van der Waals surface area (Å²) in [7, 11) is 0. The third-order valence-corrected chi connectivity index (χ3v) is 1.85. The van der Waals surface area contributed by atoms with Gasteiger partial charge in [-0.1, -0.05) is 13.3 Å². The highest BCUT2D eigenvalue weighted by Gasteiger charge is 2.09. The minimum Gasteiger partial charge on any atom is -0.324 e. The lowest BCUT2D eigenvalue weighted by atomic mass is 10.1. The molecule has 0 aliphatic carbocycles. The number of halogens is 2. The van der Waals surface area contributed by atoms with E-state index in [9.17, 15) is 8.78 Å². The van der Waals surface area contributed by atoms with Crippen LogP contribution in [0.25, 0.3) is 0 Å². The van der Waals surface area contributed by atoms with E-state index in [1.807, 2.05) is 6.92 Å². The molecule has 0 saturated carbocycles. The molecule has 0 saturated heterocycles. The molecule has 2 N–H and O–H groups in total. The molecule has 0 amide bonds. The predicted molar refractivity (Wildman–Crippen MR) is 46.0 cm³/mol. The van der Waals surface area contributed by atoms with Gasteiger partial charge in [-0.05, 0) is 18.1 Å². The lowest BCUT2D eigenvalue weighted by Gasteiger charge is -2.09. The third kappa shape index (κ3) is 2.45. The largest absolute Gasteiger partial charge is 0.324 e. The number of hydrogen-bond acceptors (Lipinski definition) is 2. The van der Waals surface area contributed by atoms with Crippen LogP contribution in [0.2, 0.25) is 0 Å². The summed E-state index contributed by atoms with van der Waals surface area (Å²) in [5.41, 5.74) is 6.24. The molecule has 1 atom stereocenters. The van der Waals surface area contributed by atoms with Gasteiger partial charge in [0.2, 0.25) is 5.95 Å². The van der Waals surface area contributed by atoms with E-state index in [0.29, 0.717) is 5.56 Å². The summed E-state index contributed by atoms with van der Waals surface area (Å²) in [6.45, 7) is 1.98. The van der Waals surface area contributed by atoms with Gasteiger partial charge in [0.05, 0.1) is 0 Å². The van der Waals surface area contributed by atoms with Crippen molar-refractivity contribution in [3.8, 4) is 0 Å². The molecule has 4 heteroatoms. The minimum absolute atomic E-state index is 0.257. The summed E-state index contributed by atoms with van der Waals surface area (Å²) in [4.78, 5) is 3.26. The van der Waals surface area contributed by atoms with Gasteiger partial charge in [-0.2, -0.15) is 4.39 Å². The maximum atomic E-state index is 12.7. The molecule has 0 radical (unpaired) electrons. The van der Waals surface area contributed by atoms with Crippen molar-refractivity contribution in [1.82, 2.24) is 4.98 Å². The highest BCUT2D eigenvalue weighted by molar-refractivity contribution is 5.15. The van der Waals surface area contributed by atoms with E-state index in [-0.39, 0.29) is 6.04 Å². The Morgan fingerprint density at radius 1 is 1.54 bits per heavy atom. The fourth-order valence-corrected chi connectivity index (χ4v) is 1.12. The van der Waals surface area contributed by atoms with Crippen molar-refractivity contribution in [2.24, 2.45) is 5.73 Å². The zero-order valence-electron chi connectivity index (χ0n) is 7.43. The molecular formula is C9H12F2N2. The molecule has 1 unspecified atom stereocenters. The van der Waals surface area contributed by atoms with Crippen LogP contribution in [-0.2, 0) is 0 Å². The van der Waals surface area contributed by atoms with E-state index in [2.05, 4.69) is 4.98 Å². The smallest absolute Gasteiger partial charge is 0.248 e. The van der Waals surface area contributed by atoms with Crippen LogP contribution in [0.15, 0.2) is 12.3 Å². The SMILES string of the molecule is CCCC(N)c1cnc(F)c(F)c1. The highest BCUT2D eigenvalue weighted by Crippen LogP contribution is 2.16. The number of nitrogens with zero attached hydrogens (tertiary/aromatic N) is 1. The van der Waals surface area contributed by atoms with Gasteiger partial charge < -0.3 is 5.73 Å². The van der Waals surface area contributed by atoms with Gasteiger partial charge in [-0.3, -0.25) is 0 Å². The fraction of sp³-hybridized carbons (Fsp3) is 0.444. The quantitative estimate of drug-likeness (QED) is 0.734. The topological polar surface area (TPSA) is 38.9 Å². The number of aromatic nitrogens is 1. The van der Waals surface area contributed by atoms with Gasteiger partial charge in [0.25, 0.3) is 0 Å². The lowest BCUT2D eigenvalue weighted by Crippen LogP contribution is -2.11. The average molecular weight is 186 g/mol. The van der Waals surface area contributed by atoms with E-state index >= 15 is 0 Å². The molecule has 0 bridgehead atoms. The van der Waals surface area contributed by atoms with E-state index < -0.39 is 11.8 Å². The molecule has 1 heterocycles. The normalized spacial score (nSPS) is 12.9. The van der Waals surface area contributed by atoms with E-state index in [1.54, 1.807) is 0 Å². The standard InChI is InChI=1S/C9H12F2N2/c1-2-3-8(12)6-4-7(10)9(11)13-5-6/h4-5,8H,2-3,12H2,1H3. The zero-order valence-corrected chi connectivity index (χ0v) is 7.43. The summed E-state index contributed by atoms with van der Waals surface area (Å²) in [5, 5.41) is 0. The zero-order chi connectivity index (χ0) is 9.84. The van der Waals surface area contributed by atoms with Crippen molar-refractivity contribution >= 4 is 0 Å². The molecule has 0 aliphatic heterocycles. The van der Waals surface area contributed by atoms with Crippen molar-refractivity contribution in [3.05, 3.63) is 29.6 Å². The number of nitrogens with two attached hydrogens (primary N) is 1. The van der Waals surface area contributed by atoms with Crippen LogP contribution in [0.4, 0.5) is 8.78 Å². The van der Waals surface area contributed by atoms with Crippen molar-refractivity contribution in [2.75, 3.05) is 0 Å². The first-order valence-corrected chi connectivity index (χ1v) is 4.21. The Bertz CT molecular complexity index is 289. The molecular weight excluding hydrogens is 174 g/mol. The summed E-state index contributed by atoms with van der Waals surface area (Å²) in [6.07, 6.45) is 2.92. The van der Waals surface area contributed by atoms with Gasteiger partial charge >= 0.3 is 0 Å². The second-order valence-electron chi connectivity index (χ2n) is 2.94. The first kappa shape index (κ1) is 10.1. The Labute approximate surface area is 75.8 Å². The number of hydrogen-bond donors (Lipinski definition) is 1. The molecule has 0 aromatic carbocycles. The Kier molecular flexibility index (Phi) is 3.31. The number of rotatable bonds is 3. The molecule has 1 rings (SSSR count). The van der Waals surface area contributed by atoms with Crippen LogP contribution in [0, 0.1) is 11.8 Å². The van der Waals surface area contributed by atoms with Crippen molar-refractivity contribution in [1.29, 1.82) is 0 Å². The summed E-state index contributed by atoms with van der Waals surface area (Å²) in [5.74, 6) is -2.02. The number of pyridine rings is 1. The molecule has 13 heavy (non-hydrogen) atoms. The van der Waals surface area contributed by atoms with Gasteiger partial charge in [0, 0.05) is 12.2 Å². The Balaban J connectivity index is 2.84. The second kappa shape index (κ2) is 4.28. The van der Waals surface area contributed by atoms with Crippen molar-refractivity contribution < 1.29 is 8.78 Å². The van der Waals surface area contributed by atoms with Gasteiger partial charge in [-0.25, -0.2) is 9.37 Å². The molecule has 0 fully saturated rings. The Hall–Kier alpha value is -1.03. The molecule has 0 aliphatic rings. The molecule has 1 aromatic heterocycles. The monoisotopic (exact) mass is 186 g/mol. The second-order valence-corrected chi connectivity index (χ2v) is 2.94. The Morgan fingerprint density at radius 3 is 2.77 bits per heavy atom. The third-order valence-electron chi connectivity index (χ3n) is 1.85. The first-order chi connectivity index (χ1) is 6.15. The summed E-state index contributed by atoms with van der Waals surface area (Å²) >= 11 is 0. The Morgan fingerprint density at radius 2 is 2.23 bits per heavy atom. The predicted octanol–water partition coefficient (Wildman–Crippen LogP) is 2.16.